The Kier molecular flexibility index (Phi) is 4.88. The predicted molar refractivity (Wildman–Crippen MR) is 80.4 cm³/mol. The smallest absolute Gasteiger partial charge is 0.176 e. The van der Waals surface area contributed by atoms with Crippen molar-refractivity contribution in [3.05, 3.63) is 29.3 Å². The van der Waals surface area contributed by atoms with Crippen molar-refractivity contribution in [3.63, 3.8) is 0 Å². The van der Waals surface area contributed by atoms with Crippen LogP contribution in [-0.4, -0.2) is 48.9 Å². The Hall–Kier alpha value is -1.00. The van der Waals surface area contributed by atoms with Gasteiger partial charge < -0.3 is 4.74 Å². The number of carbonyl (C=O) groups is 1. The summed E-state index contributed by atoms with van der Waals surface area (Å²) in [7, 11) is 2.01. The molecule has 1 aliphatic heterocycles. The predicted octanol–water partition coefficient (Wildman–Crippen LogP) is 2.49. The molecule has 0 radical (unpaired) electrons. The van der Waals surface area contributed by atoms with Gasteiger partial charge in [0.05, 0.1) is 13.2 Å². The number of hydrogen-bond acceptors (Lipinski definition) is 4. The number of hydrogen-bond donors (Lipinski definition) is 0. The van der Waals surface area contributed by atoms with Crippen molar-refractivity contribution < 1.29 is 9.53 Å². The maximum atomic E-state index is 12.3. The van der Waals surface area contributed by atoms with Crippen molar-refractivity contribution in [2.45, 2.75) is 19.4 Å². The summed E-state index contributed by atoms with van der Waals surface area (Å²) in [5.41, 5.74) is 1.96. The molecule has 1 heterocycles. The molecular formula is C15H21NO2S. The second-order valence-corrected chi connectivity index (χ2v) is 5.97. The van der Waals surface area contributed by atoms with E-state index in [1.165, 1.54) is 0 Å². The largest absolute Gasteiger partial charge is 0.493 e. The van der Waals surface area contributed by atoms with Gasteiger partial charge in [0.1, 0.15) is 5.75 Å². The van der Waals surface area contributed by atoms with Crippen LogP contribution in [0, 0.1) is 0 Å². The topological polar surface area (TPSA) is 29.5 Å². The Morgan fingerprint density at radius 1 is 1.53 bits per heavy atom. The van der Waals surface area contributed by atoms with Crippen molar-refractivity contribution in [1.82, 2.24) is 4.90 Å². The van der Waals surface area contributed by atoms with Gasteiger partial charge in [0.15, 0.2) is 5.78 Å². The van der Waals surface area contributed by atoms with Gasteiger partial charge in [-0.3, -0.25) is 9.69 Å². The van der Waals surface area contributed by atoms with Gasteiger partial charge in [-0.25, -0.2) is 0 Å². The highest BCUT2D eigenvalue weighted by atomic mass is 32.2. The first kappa shape index (κ1) is 14.4. The summed E-state index contributed by atoms with van der Waals surface area (Å²) >= 11 is 1.81. The van der Waals surface area contributed by atoms with E-state index >= 15 is 0 Å². The molecule has 19 heavy (non-hydrogen) atoms. The molecule has 0 amide bonds. The monoisotopic (exact) mass is 279 g/mol. The second-order valence-electron chi connectivity index (χ2n) is 5.06. The van der Waals surface area contributed by atoms with E-state index in [4.69, 9.17) is 4.74 Å². The van der Waals surface area contributed by atoms with Crippen molar-refractivity contribution in [1.29, 1.82) is 0 Å². The Bertz CT molecular complexity index is 461. The van der Waals surface area contributed by atoms with E-state index in [-0.39, 0.29) is 5.78 Å². The molecule has 0 aromatic heterocycles. The molecule has 0 saturated heterocycles. The number of thioether (sulfide) groups is 1. The summed E-state index contributed by atoms with van der Waals surface area (Å²) in [6.45, 7) is 3.36. The quantitative estimate of drug-likeness (QED) is 0.748. The highest BCUT2D eigenvalue weighted by Gasteiger charge is 2.17. The third-order valence-electron chi connectivity index (χ3n) is 3.56. The Morgan fingerprint density at radius 3 is 3.05 bits per heavy atom. The van der Waals surface area contributed by atoms with Crippen LogP contribution in [0.1, 0.15) is 22.8 Å². The van der Waals surface area contributed by atoms with Crippen LogP contribution in [0.15, 0.2) is 18.2 Å². The maximum Gasteiger partial charge on any atom is 0.176 e. The number of nitrogens with zero attached hydrogens (tertiary/aromatic N) is 1. The third-order valence-corrected chi connectivity index (χ3v) is 4.38. The second kappa shape index (κ2) is 6.44. The van der Waals surface area contributed by atoms with Gasteiger partial charge in [-0.15, -0.1) is 0 Å². The van der Waals surface area contributed by atoms with Crippen molar-refractivity contribution >= 4 is 17.5 Å². The zero-order chi connectivity index (χ0) is 13.8. The zero-order valence-electron chi connectivity index (χ0n) is 11.8. The van der Waals surface area contributed by atoms with Crippen molar-refractivity contribution in [3.8, 4) is 5.75 Å². The molecule has 4 heteroatoms. The Labute approximate surface area is 119 Å². The van der Waals surface area contributed by atoms with Gasteiger partial charge in [0.25, 0.3) is 0 Å². The van der Waals surface area contributed by atoms with Crippen LogP contribution in [0.25, 0.3) is 0 Å². The molecule has 1 atom stereocenters. The van der Waals surface area contributed by atoms with Gasteiger partial charge in [-0.2, -0.15) is 11.8 Å². The van der Waals surface area contributed by atoms with E-state index in [0.717, 1.165) is 35.7 Å². The van der Waals surface area contributed by atoms with E-state index < -0.39 is 0 Å². The van der Waals surface area contributed by atoms with Crippen molar-refractivity contribution in [2.24, 2.45) is 0 Å². The van der Waals surface area contributed by atoms with E-state index in [1.54, 1.807) is 0 Å². The fraction of sp³-hybridized carbons (Fsp3) is 0.533. The molecule has 3 nitrogen and oxygen atoms in total. The molecule has 1 aliphatic rings. The molecule has 2 rings (SSSR count). The van der Waals surface area contributed by atoms with E-state index in [9.17, 15) is 4.79 Å². The average Bonchev–Trinajstić information content (AvgIpc) is 2.85. The van der Waals surface area contributed by atoms with Gasteiger partial charge in [0, 0.05) is 23.8 Å². The van der Waals surface area contributed by atoms with Crippen molar-refractivity contribution in [2.75, 3.05) is 32.2 Å². The molecule has 1 aromatic rings. The van der Waals surface area contributed by atoms with Crippen LogP contribution in [0.2, 0.25) is 0 Å². The standard InChI is InChI=1S/C15H21NO2S/c1-11(10-19-3)16(2)9-14(17)12-4-5-15-13(8-12)6-7-18-15/h4-5,8,11H,6-7,9-10H2,1-3H3. The summed E-state index contributed by atoms with van der Waals surface area (Å²) in [6, 6.07) is 6.19. The number of carbonyl (C=O) groups excluding carboxylic acids is 1. The molecule has 0 spiro atoms. The number of ketones is 1. The van der Waals surface area contributed by atoms with Crippen LogP contribution in [0.5, 0.6) is 5.75 Å². The molecule has 0 fully saturated rings. The highest BCUT2D eigenvalue weighted by molar-refractivity contribution is 7.98. The summed E-state index contributed by atoms with van der Waals surface area (Å²) < 4.78 is 5.46. The first-order chi connectivity index (χ1) is 9.11. The lowest BCUT2D eigenvalue weighted by Crippen LogP contribution is -2.35. The summed E-state index contributed by atoms with van der Waals surface area (Å²) in [5, 5.41) is 0. The molecule has 0 bridgehead atoms. The number of fused-ring (bicyclic) bond motifs is 1. The maximum absolute atomic E-state index is 12.3. The average molecular weight is 279 g/mol. The summed E-state index contributed by atoms with van der Waals surface area (Å²) in [4.78, 5) is 14.4. The van der Waals surface area contributed by atoms with E-state index in [2.05, 4.69) is 18.1 Å². The molecule has 1 unspecified atom stereocenters. The van der Waals surface area contributed by atoms with Crippen LogP contribution >= 0.6 is 11.8 Å². The van der Waals surface area contributed by atoms with Gasteiger partial charge in [-0.1, -0.05) is 0 Å². The molecule has 0 saturated carbocycles. The molecule has 0 aliphatic carbocycles. The van der Waals surface area contributed by atoms with E-state index in [1.807, 2.05) is 37.0 Å². The van der Waals surface area contributed by atoms with Gasteiger partial charge in [0.2, 0.25) is 0 Å². The minimum atomic E-state index is 0.185. The fourth-order valence-electron chi connectivity index (χ4n) is 2.20. The lowest BCUT2D eigenvalue weighted by atomic mass is 10.0. The number of ether oxygens (including phenoxy) is 1. The first-order valence-electron chi connectivity index (χ1n) is 6.60. The first-order valence-corrected chi connectivity index (χ1v) is 7.99. The molecule has 1 aromatic carbocycles. The van der Waals surface area contributed by atoms with E-state index in [0.29, 0.717) is 12.6 Å². The summed E-state index contributed by atoms with van der Waals surface area (Å²) in [5.74, 6) is 2.16. The van der Waals surface area contributed by atoms with Crippen LogP contribution < -0.4 is 4.74 Å². The molecular weight excluding hydrogens is 258 g/mol. The normalized spacial score (nSPS) is 15.2. The SMILES string of the molecule is CSCC(C)N(C)CC(=O)c1ccc2c(c1)CCO2. The number of Topliss-reactive ketones (excluding diaryl/α,β-unsaturated/α-hetero) is 1. The number of benzene rings is 1. The molecule has 0 N–H and O–H groups in total. The number of rotatable bonds is 6. The summed E-state index contributed by atoms with van der Waals surface area (Å²) in [6.07, 6.45) is 3.00. The lowest BCUT2D eigenvalue weighted by molar-refractivity contribution is 0.0931. The third kappa shape index (κ3) is 3.51. The highest BCUT2D eigenvalue weighted by Crippen LogP contribution is 2.26. The number of likely N-dealkylation sites (N-methyl/N-ethyl adjacent to an activating group) is 1. The lowest BCUT2D eigenvalue weighted by Gasteiger charge is -2.23. The zero-order valence-corrected chi connectivity index (χ0v) is 12.6. The fourth-order valence-corrected chi connectivity index (χ4v) is 2.94. The van der Waals surface area contributed by atoms with Gasteiger partial charge >= 0.3 is 0 Å². The Morgan fingerprint density at radius 2 is 2.32 bits per heavy atom. The Balaban J connectivity index is 2.00. The molecule has 104 valence electrons. The minimum Gasteiger partial charge on any atom is -0.493 e. The van der Waals surface area contributed by atoms with Crippen LogP contribution in [-0.2, 0) is 6.42 Å². The van der Waals surface area contributed by atoms with Crippen LogP contribution in [0.3, 0.4) is 0 Å². The van der Waals surface area contributed by atoms with Gasteiger partial charge in [-0.05, 0) is 44.0 Å². The minimum absolute atomic E-state index is 0.185. The van der Waals surface area contributed by atoms with Crippen LogP contribution in [0.4, 0.5) is 0 Å².